The second-order valence-corrected chi connectivity index (χ2v) is 9.39. The van der Waals surface area contributed by atoms with Crippen molar-refractivity contribution in [3.63, 3.8) is 0 Å². The highest BCUT2D eigenvalue weighted by Gasteiger charge is 2.19. The van der Waals surface area contributed by atoms with Crippen LogP contribution in [-0.2, 0) is 12.3 Å². The average molecular weight is 481 g/mol. The molecule has 9 nitrogen and oxygen atoms in total. The van der Waals surface area contributed by atoms with Gasteiger partial charge in [0.1, 0.15) is 0 Å². The Labute approximate surface area is 202 Å². The number of hydrogen-bond acceptors (Lipinski definition) is 6. The fraction of sp³-hybridized carbons (Fsp3) is 0.375. The summed E-state index contributed by atoms with van der Waals surface area (Å²) in [5, 5.41) is 26.3. The zero-order valence-corrected chi connectivity index (χ0v) is 19.9. The lowest BCUT2D eigenvalue weighted by molar-refractivity contribution is -0.384. The molecular weight excluding hydrogens is 452 g/mol. The first-order valence-electron chi connectivity index (χ1n) is 11.4. The highest BCUT2D eigenvalue weighted by atomic mass is 32.2. The molecular formula is C24H28N6O3S. The normalized spacial score (nSPS) is 14.0. The van der Waals surface area contributed by atoms with Gasteiger partial charge in [-0.25, -0.2) is 4.79 Å². The molecule has 1 aliphatic carbocycles. The molecule has 178 valence electrons. The van der Waals surface area contributed by atoms with Crippen LogP contribution in [0.3, 0.4) is 0 Å². The van der Waals surface area contributed by atoms with Crippen LogP contribution in [0.5, 0.6) is 0 Å². The Hall–Kier alpha value is -3.40. The number of aromatic nitrogens is 3. The topological polar surface area (TPSA) is 115 Å². The maximum atomic E-state index is 12.4. The first-order valence-corrected chi connectivity index (χ1v) is 12.4. The van der Waals surface area contributed by atoms with E-state index in [2.05, 4.69) is 46.0 Å². The van der Waals surface area contributed by atoms with Crippen LogP contribution >= 0.6 is 11.8 Å². The van der Waals surface area contributed by atoms with Gasteiger partial charge < -0.3 is 10.6 Å². The number of thioether (sulfide) groups is 1. The number of nitrogens with zero attached hydrogens (tertiary/aromatic N) is 4. The van der Waals surface area contributed by atoms with Crippen molar-refractivity contribution in [2.75, 3.05) is 0 Å². The first kappa shape index (κ1) is 23.7. The number of hydrogen-bond donors (Lipinski definition) is 2. The summed E-state index contributed by atoms with van der Waals surface area (Å²) in [6, 6.07) is 14.5. The number of carbonyl (C=O) groups is 1. The standard InChI is InChI=1S/C24H28N6O3S/c1-17-6-5-7-18(14-17)16-34-24-28-27-22(15-25-23(31)26-19-8-3-2-4-9-19)29(24)20-10-12-21(13-11-20)30(32)33/h5-7,10-14,19H,2-4,8-9,15-16H2,1H3,(H2,25,26,31). The van der Waals surface area contributed by atoms with Crippen molar-refractivity contribution in [2.24, 2.45) is 0 Å². The molecule has 3 aromatic rings. The number of nitrogens with one attached hydrogen (secondary N) is 2. The van der Waals surface area contributed by atoms with Gasteiger partial charge in [0.25, 0.3) is 5.69 Å². The van der Waals surface area contributed by atoms with E-state index in [4.69, 9.17) is 0 Å². The van der Waals surface area contributed by atoms with Crippen molar-refractivity contribution in [1.82, 2.24) is 25.4 Å². The van der Waals surface area contributed by atoms with E-state index in [1.807, 2.05) is 10.6 Å². The zero-order chi connectivity index (χ0) is 23.9. The summed E-state index contributed by atoms with van der Waals surface area (Å²) in [6.45, 7) is 2.24. The molecule has 4 rings (SSSR count). The zero-order valence-electron chi connectivity index (χ0n) is 19.1. The first-order chi connectivity index (χ1) is 16.5. The molecule has 1 aromatic heterocycles. The fourth-order valence-electron chi connectivity index (χ4n) is 4.08. The van der Waals surface area contributed by atoms with Crippen LogP contribution in [-0.4, -0.2) is 31.8 Å². The Kier molecular flexibility index (Phi) is 7.79. The Morgan fingerprint density at radius 1 is 1.15 bits per heavy atom. The van der Waals surface area contributed by atoms with Gasteiger partial charge in [-0.2, -0.15) is 0 Å². The third-order valence-corrected chi connectivity index (χ3v) is 6.82. The molecule has 0 spiro atoms. The van der Waals surface area contributed by atoms with Crippen molar-refractivity contribution >= 4 is 23.5 Å². The lowest BCUT2D eigenvalue weighted by Crippen LogP contribution is -2.42. The highest BCUT2D eigenvalue weighted by molar-refractivity contribution is 7.98. The Bertz CT molecular complexity index is 1140. The summed E-state index contributed by atoms with van der Waals surface area (Å²) in [5.41, 5.74) is 3.06. The van der Waals surface area contributed by atoms with Gasteiger partial charge in [-0.05, 0) is 37.5 Å². The van der Waals surface area contributed by atoms with Crippen LogP contribution in [0.15, 0.2) is 53.7 Å². The van der Waals surface area contributed by atoms with E-state index in [-0.39, 0.29) is 24.3 Å². The molecule has 0 saturated heterocycles. The number of aryl methyl sites for hydroxylation is 1. The molecule has 0 atom stereocenters. The van der Waals surface area contributed by atoms with Gasteiger partial charge in [-0.15, -0.1) is 10.2 Å². The predicted molar refractivity (Wildman–Crippen MR) is 131 cm³/mol. The number of urea groups is 1. The molecule has 2 amide bonds. The highest BCUT2D eigenvalue weighted by Crippen LogP contribution is 2.27. The SMILES string of the molecule is Cc1cccc(CSc2nnc(CNC(=O)NC3CCCCC3)n2-c2ccc([N+](=O)[O-])cc2)c1. The number of carbonyl (C=O) groups excluding carboxylic acids is 1. The number of amides is 2. The van der Waals surface area contributed by atoms with Gasteiger partial charge in [0.15, 0.2) is 11.0 Å². The van der Waals surface area contributed by atoms with E-state index in [0.717, 1.165) is 31.2 Å². The number of non-ortho nitro benzene ring substituents is 1. The molecule has 1 fully saturated rings. The van der Waals surface area contributed by atoms with Crippen LogP contribution in [0.4, 0.5) is 10.5 Å². The van der Waals surface area contributed by atoms with Crippen LogP contribution in [0, 0.1) is 17.0 Å². The maximum absolute atomic E-state index is 12.4. The number of benzene rings is 2. The molecule has 0 bridgehead atoms. The molecule has 0 unspecified atom stereocenters. The summed E-state index contributed by atoms with van der Waals surface area (Å²) in [5.74, 6) is 1.25. The van der Waals surface area contributed by atoms with E-state index < -0.39 is 4.92 Å². The third-order valence-electron chi connectivity index (χ3n) is 5.82. The van der Waals surface area contributed by atoms with Crippen molar-refractivity contribution < 1.29 is 9.72 Å². The van der Waals surface area contributed by atoms with Gasteiger partial charge >= 0.3 is 6.03 Å². The second kappa shape index (κ2) is 11.1. The summed E-state index contributed by atoms with van der Waals surface area (Å²) in [4.78, 5) is 23.1. The van der Waals surface area contributed by atoms with E-state index in [9.17, 15) is 14.9 Å². The van der Waals surface area contributed by atoms with E-state index in [0.29, 0.717) is 22.4 Å². The minimum Gasteiger partial charge on any atom is -0.335 e. The second-order valence-electron chi connectivity index (χ2n) is 8.45. The van der Waals surface area contributed by atoms with E-state index in [1.54, 1.807) is 12.1 Å². The number of nitro groups is 1. The lowest BCUT2D eigenvalue weighted by Gasteiger charge is -2.22. The van der Waals surface area contributed by atoms with Crippen molar-refractivity contribution in [3.8, 4) is 5.69 Å². The molecule has 1 heterocycles. The van der Waals surface area contributed by atoms with Gasteiger partial charge in [0.05, 0.1) is 11.5 Å². The number of rotatable bonds is 8. The minimum atomic E-state index is -0.429. The smallest absolute Gasteiger partial charge is 0.315 e. The summed E-state index contributed by atoms with van der Waals surface area (Å²) >= 11 is 1.52. The predicted octanol–water partition coefficient (Wildman–Crippen LogP) is 4.91. The summed E-state index contributed by atoms with van der Waals surface area (Å²) in [7, 11) is 0. The summed E-state index contributed by atoms with van der Waals surface area (Å²) in [6.07, 6.45) is 5.52. The molecule has 34 heavy (non-hydrogen) atoms. The molecule has 10 heteroatoms. The van der Waals surface area contributed by atoms with Crippen LogP contribution in [0.2, 0.25) is 0 Å². The fourth-order valence-corrected chi connectivity index (χ4v) is 5.00. The molecule has 0 radical (unpaired) electrons. The molecule has 2 N–H and O–H groups in total. The van der Waals surface area contributed by atoms with E-state index in [1.165, 1.54) is 35.9 Å². The molecule has 1 saturated carbocycles. The third kappa shape index (κ3) is 6.13. The van der Waals surface area contributed by atoms with Gasteiger partial charge in [0.2, 0.25) is 0 Å². The minimum absolute atomic E-state index is 0.0114. The van der Waals surface area contributed by atoms with Gasteiger partial charge in [-0.1, -0.05) is 60.9 Å². The number of nitro benzene ring substituents is 1. The summed E-state index contributed by atoms with van der Waals surface area (Å²) < 4.78 is 1.84. The molecule has 0 aliphatic heterocycles. The average Bonchev–Trinajstić information content (AvgIpc) is 3.25. The van der Waals surface area contributed by atoms with Crippen LogP contribution < -0.4 is 10.6 Å². The molecule has 1 aliphatic rings. The Morgan fingerprint density at radius 2 is 1.91 bits per heavy atom. The lowest BCUT2D eigenvalue weighted by atomic mass is 9.96. The largest absolute Gasteiger partial charge is 0.335 e. The van der Waals surface area contributed by atoms with Gasteiger partial charge in [0, 0.05) is 29.6 Å². The maximum Gasteiger partial charge on any atom is 0.315 e. The van der Waals surface area contributed by atoms with Crippen molar-refractivity contribution in [2.45, 2.75) is 62.5 Å². The quantitative estimate of drug-likeness (QED) is 0.269. The van der Waals surface area contributed by atoms with Crippen LogP contribution in [0.1, 0.15) is 49.1 Å². The van der Waals surface area contributed by atoms with E-state index >= 15 is 0 Å². The van der Waals surface area contributed by atoms with Crippen LogP contribution in [0.25, 0.3) is 5.69 Å². The monoisotopic (exact) mass is 480 g/mol. The Morgan fingerprint density at radius 3 is 2.62 bits per heavy atom. The Balaban J connectivity index is 1.51. The van der Waals surface area contributed by atoms with Crippen molar-refractivity contribution in [3.05, 3.63) is 75.6 Å². The molecule has 2 aromatic carbocycles. The van der Waals surface area contributed by atoms with Crippen molar-refractivity contribution in [1.29, 1.82) is 0 Å². The van der Waals surface area contributed by atoms with Gasteiger partial charge in [-0.3, -0.25) is 14.7 Å².